The van der Waals surface area contributed by atoms with Crippen molar-refractivity contribution in [3.8, 4) is 11.5 Å². The third-order valence-electron chi connectivity index (χ3n) is 4.85. The maximum atomic E-state index is 12.3. The molecule has 1 aromatic heterocycles. The molecule has 0 saturated heterocycles. The number of nitrogens with zero attached hydrogens (tertiary/aromatic N) is 3. The monoisotopic (exact) mass is 515 g/mol. The summed E-state index contributed by atoms with van der Waals surface area (Å²) in [6.45, 7) is 2.73. The quantitative estimate of drug-likeness (QED) is 0.293. The van der Waals surface area contributed by atoms with Crippen molar-refractivity contribution in [3.63, 3.8) is 0 Å². The van der Waals surface area contributed by atoms with Gasteiger partial charge in [0.2, 0.25) is 11.8 Å². The molecule has 2 aromatic carbocycles. The zero-order valence-corrected chi connectivity index (χ0v) is 21.2. The molecule has 0 aliphatic carbocycles. The van der Waals surface area contributed by atoms with E-state index in [9.17, 15) is 9.59 Å². The van der Waals surface area contributed by atoms with E-state index in [0.29, 0.717) is 39.7 Å². The van der Waals surface area contributed by atoms with Crippen LogP contribution in [0, 0.1) is 0 Å². The number of amides is 2. The molecule has 0 radical (unpaired) electrons. The summed E-state index contributed by atoms with van der Waals surface area (Å²) in [6.07, 6.45) is 3.11. The lowest BCUT2D eigenvalue weighted by atomic mass is 10.2. The van der Waals surface area contributed by atoms with Gasteiger partial charge in [-0.05, 0) is 42.8 Å². The lowest BCUT2D eigenvalue weighted by Crippen LogP contribution is -2.22. The van der Waals surface area contributed by atoms with Crippen molar-refractivity contribution in [3.05, 3.63) is 65.0 Å². The Morgan fingerprint density at radius 2 is 1.89 bits per heavy atom. The minimum absolute atomic E-state index is 0.143. The number of nitrogens with one attached hydrogen (secondary N) is 2. The molecule has 2 amide bonds. The average molecular weight is 516 g/mol. The largest absolute Gasteiger partial charge is 0.493 e. The smallest absolute Gasteiger partial charge is 0.244 e. The highest BCUT2D eigenvalue weighted by Gasteiger charge is 2.14. The molecule has 0 aliphatic rings. The summed E-state index contributed by atoms with van der Waals surface area (Å²) in [7, 11) is 3.12. The van der Waals surface area contributed by atoms with Gasteiger partial charge < -0.3 is 24.7 Å². The summed E-state index contributed by atoms with van der Waals surface area (Å²) < 4.78 is 12.3. The molecular weight excluding hydrogens is 490 g/mol. The number of hydrogen-bond donors (Lipinski definition) is 2. The topological polar surface area (TPSA) is 107 Å². The van der Waals surface area contributed by atoms with E-state index in [-0.39, 0.29) is 24.1 Å². The zero-order chi connectivity index (χ0) is 25.2. The Hall–Kier alpha value is -3.50. The van der Waals surface area contributed by atoms with Crippen molar-refractivity contribution >= 4 is 46.9 Å². The van der Waals surface area contributed by atoms with E-state index in [1.54, 1.807) is 56.7 Å². The number of anilines is 1. The summed E-state index contributed by atoms with van der Waals surface area (Å²) in [4.78, 5) is 24.6. The van der Waals surface area contributed by atoms with Crippen LogP contribution in [-0.2, 0) is 22.7 Å². The number of aromatic nitrogens is 3. The molecule has 0 unspecified atom stereocenters. The molecule has 0 fully saturated rings. The number of ether oxygens (including phenoxy) is 2. The van der Waals surface area contributed by atoms with Gasteiger partial charge in [-0.3, -0.25) is 9.59 Å². The molecule has 35 heavy (non-hydrogen) atoms. The lowest BCUT2D eigenvalue weighted by Gasteiger charge is -2.09. The first kappa shape index (κ1) is 26.1. The van der Waals surface area contributed by atoms with E-state index < -0.39 is 0 Å². The first-order valence-electron chi connectivity index (χ1n) is 10.7. The molecule has 2 N–H and O–H groups in total. The Balaban J connectivity index is 1.54. The van der Waals surface area contributed by atoms with E-state index in [1.165, 1.54) is 17.8 Å². The number of thioether (sulfide) groups is 1. The second kappa shape index (κ2) is 12.8. The standard InChI is InChI=1S/C24H26ClN5O4S/c1-4-30-21(14-26-22(31)12-10-16-9-11-19(33-2)20(13-16)34-3)28-29-24(30)35-15-23(32)27-18-8-6-5-7-17(18)25/h5-13H,4,14-15H2,1-3H3,(H,26,31)(H,27,32). The van der Waals surface area contributed by atoms with Gasteiger partial charge in [0.25, 0.3) is 0 Å². The Kier molecular flexibility index (Phi) is 9.56. The highest BCUT2D eigenvalue weighted by atomic mass is 35.5. The van der Waals surface area contributed by atoms with Gasteiger partial charge >= 0.3 is 0 Å². The number of halogens is 1. The first-order chi connectivity index (χ1) is 16.9. The number of hydrogen-bond acceptors (Lipinski definition) is 7. The Bertz CT molecular complexity index is 1210. The fourth-order valence-electron chi connectivity index (χ4n) is 3.11. The summed E-state index contributed by atoms with van der Waals surface area (Å²) in [5.41, 5.74) is 1.35. The van der Waals surface area contributed by atoms with E-state index in [4.69, 9.17) is 21.1 Å². The van der Waals surface area contributed by atoms with Crippen molar-refractivity contribution in [1.29, 1.82) is 0 Å². The van der Waals surface area contributed by atoms with Crippen molar-refractivity contribution in [1.82, 2.24) is 20.1 Å². The fraction of sp³-hybridized carbons (Fsp3) is 0.250. The first-order valence-corrected chi connectivity index (χ1v) is 12.1. The van der Waals surface area contributed by atoms with Crippen molar-refractivity contribution < 1.29 is 19.1 Å². The Labute approximate surface area is 212 Å². The second-order valence-corrected chi connectivity index (χ2v) is 8.48. The SMILES string of the molecule is CCn1c(CNC(=O)C=Cc2ccc(OC)c(OC)c2)nnc1SCC(=O)Nc1ccccc1Cl. The molecular formula is C24H26ClN5O4S. The molecule has 1 heterocycles. The highest BCUT2D eigenvalue weighted by molar-refractivity contribution is 7.99. The third kappa shape index (κ3) is 7.24. The summed E-state index contributed by atoms with van der Waals surface area (Å²) >= 11 is 7.34. The number of para-hydroxylation sites is 1. The molecule has 11 heteroatoms. The molecule has 0 saturated carbocycles. The van der Waals surface area contributed by atoms with Gasteiger partial charge in [-0.1, -0.05) is 41.6 Å². The van der Waals surface area contributed by atoms with Crippen LogP contribution in [0.3, 0.4) is 0 Å². The summed E-state index contributed by atoms with van der Waals surface area (Å²) in [5.74, 6) is 1.45. The lowest BCUT2D eigenvalue weighted by molar-refractivity contribution is -0.116. The van der Waals surface area contributed by atoms with Crippen molar-refractivity contribution in [2.45, 2.75) is 25.2 Å². The van der Waals surface area contributed by atoms with Crippen LogP contribution < -0.4 is 20.1 Å². The maximum absolute atomic E-state index is 12.3. The summed E-state index contributed by atoms with van der Waals surface area (Å²) in [5, 5.41) is 15.0. The van der Waals surface area contributed by atoms with Crippen molar-refractivity contribution in [2.75, 3.05) is 25.3 Å². The van der Waals surface area contributed by atoms with Crippen LogP contribution >= 0.6 is 23.4 Å². The van der Waals surface area contributed by atoms with E-state index in [2.05, 4.69) is 20.8 Å². The average Bonchev–Trinajstić information content (AvgIpc) is 3.27. The minimum atomic E-state index is -0.279. The van der Waals surface area contributed by atoms with Crippen LogP contribution in [0.5, 0.6) is 11.5 Å². The predicted molar refractivity (Wildman–Crippen MR) is 137 cm³/mol. The Morgan fingerprint density at radius 1 is 1.11 bits per heavy atom. The third-order valence-corrected chi connectivity index (χ3v) is 6.14. The molecule has 0 bridgehead atoms. The molecule has 0 atom stereocenters. The van der Waals surface area contributed by atoms with Crippen molar-refractivity contribution in [2.24, 2.45) is 0 Å². The molecule has 9 nitrogen and oxygen atoms in total. The molecule has 3 aromatic rings. The van der Waals surface area contributed by atoms with Gasteiger partial charge in [0.05, 0.1) is 37.2 Å². The van der Waals surface area contributed by atoms with Crippen LogP contribution in [0.15, 0.2) is 53.7 Å². The van der Waals surface area contributed by atoms with Gasteiger partial charge in [0, 0.05) is 12.6 Å². The van der Waals surface area contributed by atoms with Gasteiger partial charge in [-0.15, -0.1) is 10.2 Å². The zero-order valence-electron chi connectivity index (χ0n) is 19.6. The predicted octanol–water partition coefficient (Wildman–Crippen LogP) is 4.03. The van der Waals surface area contributed by atoms with Crippen LogP contribution in [-0.4, -0.2) is 46.6 Å². The van der Waals surface area contributed by atoms with Crippen LogP contribution in [0.4, 0.5) is 5.69 Å². The second-order valence-electron chi connectivity index (χ2n) is 7.13. The van der Waals surface area contributed by atoms with E-state index >= 15 is 0 Å². The number of carbonyl (C=O) groups is 2. The Morgan fingerprint density at radius 3 is 2.60 bits per heavy atom. The van der Waals surface area contributed by atoms with Crippen LogP contribution in [0.25, 0.3) is 6.08 Å². The molecule has 0 spiro atoms. The minimum Gasteiger partial charge on any atom is -0.493 e. The van der Waals surface area contributed by atoms with Gasteiger partial charge in [-0.25, -0.2) is 0 Å². The van der Waals surface area contributed by atoms with Gasteiger partial charge in [0.15, 0.2) is 22.5 Å². The highest BCUT2D eigenvalue weighted by Crippen LogP contribution is 2.28. The van der Waals surface area contributed by atoms with Crippen LogP contribution in [0.2, 0.25) is 5.02 Å². The van der Waals surface area contributed by atoms with E-state index in [1.807, 2.05) is 17.6 Å². The molecule has 0 aliphatic heterocycles. The van der Waals surface area contributed by atoms with Crippen LogP contribution in [0.1, 0.15) is 18.3 Å². The number of methoxy groups -OCH3 is 2. The van der Waals surface area contributed by atoms with E-state index in [0.717, 1.165) is 5.56 Å². The van der Waals surface area contributed by atoms with Gasteiger partial charge in [-0.2, -0.15) is 0 Å². The number of benzene rings is 2. The molecule has 184 valence electrons. The summed E-state index contributed by atoms with van der Waals surface area (Å²) in [6, 6.07) is 12.4. The maximum Gasteiger partial charge on any atom is 0.244 e. The number of rotatable bonds is 11. The normalized spacial score (nSPS) is 10.9. The number of carbonyl (C=O) groups excluding carboxylic acids is 2. The van der Waals surface area contributed by atoms with Gasteiger partial charge in [0.1, 0.15) is 0 Å². The molecule has 3 rings (SSSR count). The fourth-order valence-corrected chi connectivity index (χ4v) is 4.11.